The number of aliphatic hydroxyl groups is 1. The van der Waals surface area contributed by atoms with E-state index >= 15 is 0 Å². The molecule has 0 saturated carbocycles. The molecule has 0 aliphatic heterocycles. The van der Waals surface area contributed by atoms with Gasteiger partial charge in [-0.25, -0.2) is 4.98 Å². The minimum absolute atomic E-state index is 0.316. The Morgan fingerprint density at radius 3 is 2.96 bits per heavy atom. The van der Waals surface area contributed by atoms with E-state index in [1.807, 2.05) is 24.3 Å². The highest BCUT2D eigenvalue weighted by Gasteiger charge is 2.13. The monoisotopic (exact) mass is 357 g/mol. The number of aryl methyl sites for hydroxylation is 2. The van der Waals surface area contributed by atoms with Crippen molar-refractivity contribution in [2.24, 2.45) is 0 Å². The molecule has 0 bridgehead atoms. The molecule has 124 valence electrons. The number of ether oxygens (including phenoxy) is 1. The maximum atomic E-state index is 10.2. The van der Waals surface area contributed by atoms with Gasteiger partial charge in [-0.05, 0) is 54.7 Å². The van der Waals surface area contributed by atoms with Crippen molar-refractivity contribution in [1.82, 2.24) is 4.98 Å². The number of hydrogen-bond donors (Lipinski definition) is 1. The van der Waals surface area contributed by atoms with Crippen molar-refractivity contribution in [2.75, 3.05) is 12.4 Å². The van der Waals surface area contributed by atoms with E-state index in [9.17, 15) is 5.11 Å². The molecule has 0 radical (unpaired) electrons. The average Bonchev–Trinajstić information content (AvgIpc) is 3.23. The molecule has 3 aromatic rings. The first-order valence-electron chi connectivity index (χ1n) is 8.19. The maximum Gasteiger partial charge on any atom is 0.151 e. The number of aliphatic hydroxyl groups excluding tert-OH is 1. The van der Waals surface area contributed by atoms with Crippen LogP contribution in [0, 0.1) is 0 Å². The Bertz CT molecular complexity index is 813. The van der Waals surface area contributed by atoms with Crippen LogP contribution in [-0.2, 0) is 12.8 Å². The minimum atomic E-state index is -0.504. The number of thioether (sulfide) groups is 1. The summed E-state index contributed by atoms with van der Waals surface area (Å²) in [5.41, 5.74) is 3.86. The SMILES string of the molecule is OC(COc1ccc2c(c1)CCC2)CSc1nc2ccccc2s1. The molecule has 1 atom stereocenters. The molecular formula is C19H19NO2S2. The number of benzene rings is 2. The van der Waals surface area contributed by atoms with Gasteiger partial charge in [-0.1, -0.05) is 30.0 Å². The van der Waals surface area contributed by atoms with Crippen LogP contribution in [-0.4, -0.2) is 28.6 Å². The van der Waals surface area contributed by atoms with Gasteiger partial charge in [-0.15, -0.1) is 11.3 Å². The van der Waals surface area contributed by atoms with Gasteiger partial charge in [0.15, 0.2) is 4.34 Å². The minimum Gasteiger partial charge on any atom is -0.491 e. The van der Waals surface area contributed by atoms with Crippen molar-refractivity contribution >= 4 is 33.3 Å². The number of para-hydroxylation sites is 1. The molecule has 24 heavy (non-hydrogen) atoms. The van der Waals surface area contributed by atoms with E-state index in [0.717, 1.165) is 22.0 Å². The van der Waals surface area contributed by atoms with Gasteiger partial charge in [0.25, 0.3) is 0 Å². The lowest BCUT2D eigenvalue weighted by Gasteiger charge is -2.12. The van der Waals surface area contributed by atoms with Gasteiger partial charge in [0.2, 0.25) is 0 Å². The predicted molar refractivity (Wildman–Crippen MR) is 100 cm³/mol. The zero-order chi connectivity index (χ0) is 16.4. The van der Waals surface area contributed by atoms with Crippen LogP contribution in [0.1, 0.15) is 17.5 Å². The summed E-state index contributed by atoms with van der Waals surface area (Å²) in [5, 5.41) is 10.2. The van der Waals surface area contributed by atoms with E-state index in [2.05, 4.69) is 23.2 Å². The summed E-state index contributed by atoms with van der Waals surface area (Å²) in [4.78, 5) is 4.57. The fourth-order valence-corrected chi connectivity index (χ4v) is 4.96. The topological polar surface area (TPSA) is 42.4 Å². The second-order valence-electron chi connectivity index (χ2n) is 6.01. The van der Waals surface area contributed by atoms with Gasteiger partial charge in [0, 0.05) is 5.75 Å². The molecule has 1 aliphatic carbocycles. The fraction of sp³-hybridized carbons (Fsp3) is 0.316. The Labute approximate surface area is 149 Å². The van der Waals surface area contributed by atoms with Gasteiger partial charge in [-0.3, -0.25) is 0 Å². The van der Waals surface area contributed by atoms with Gasteiger partial charge in [0.05, 0.1) is 16.3 Å². The lowest BCUT2D eigenvalue weighted by atomic mass is 10.1. The van der Waals surface area contributed by atoms with Crippen LogP contribution in [0.2, 0.25) is 0 Å². The molecule has 5 heteroatoms. The Kier molecular flexibility index (Phi) is 4.74. The van der Waals surface area contributed by atoms with E-state index < -0.39 is 6.10 Å². The number of hydrogen-bond acceptors (Lipinski definition) is 5. The third-order valence-corrected chi connectivity index (χ3v) is 6.51. The lowest BCUT2D eigenvalue weighted by Crippen LogP contribution is -2.20. The number of thiazole rings is 1. The molecular weight excluding hydrogens is 338 g/mol. The lowest BCUT2D eigenvalue weighted by molar-refractivity contribution is 0.126. The second-order valence-corrected chi connectivity index (χ2v) is 8.31. The molecule has 1 aliphatic rings. The quantitative estimate of drug-likeness (QED) is 0.667. The molecule has 1 unspecified atom stereocenters. The summed E-state index contributed by atoms with van der Waals surface area (Å²) >= 11 is 3.25. The largest absolute Gasteiger partial charge is 0.491 e. The molecule has 1 N–H and O–H groups in total. The summed E-state index contributed by atoms with van der Waals surface area (Å²) in [7, 11) is 0. The van der Waals surface area contributed by atoms with Crippen LogP contribution in [0.25, 0.3) is 10.2 Å². The third-order valence-electron chi connectivity index (χ3n) is 4.19. The molecule has 1 heterocycles. The fourth-order valence-electron chi connectivity index (χ4n) is 2.96. The van der Waals surface area contributed by atoms with Crippen LogP contribution >= 0.6 is 23.1 Å². The van der Waals surface area contributed by atoms with Crippen molar-refractivity contribution < 1.29 is 9.84 Å². The van der Waals surface area contributed by atoms with Gasteiger partial charge in [0.1, 0.15) is 12.4 Å². The molecule has 2 aromatic carbocycles. The zero-order valence-corrected chi connectivity index (χ0v) is 14.9. The molecule has 1 aromatic heterocycles. The van der Waals surface area contributed by atoms with Crippen molar-refractivity contribution in [2.45, 2.75) is 29.7 Å². The van der Waals surface area contributed by atoms with Gasteiger partial charge < -0.3 is 9.84 Å². The number of nitrogens with zero attached hydrogens (tertiary/aromatic N) is 1. The highest BCUT2D eigenvalue weighted by atomic mass is 32.2. The first-order chi connectivity index (χ1) is 11.8. The molecule has 0 saturated heterocycles. The highest BCUT2D eigenvalue weighted by Crippen LogP contribution is 2.30. The van der Waals surface area contributed by atoms with E-state index in [1.54, 1.807) is 23.1 Å². The van der Waals surface area contributed by atoms with Gasteiger partial charge in [-0.2, -0.15) is 0 Å². The molecule has 3 nitrogen and oxygen atoms in total. The van der Waals surface area contributed by atoms with E-state index in [1.165, 1.54) is 28.7 Å². The van der Waals surface area contributed by atoms with Crippen molar-refractivity contribution in [1.29, 1.82) is 0 Å². The Morgan fingerprint density at radius 1 is 1.17 bits per heavy atom. The van der Waals surface area contributed by atoms with Gasteiger partial charge >= 0.3 is 0 Å². The van der Waals surface area contributed by atoms with E-state index in [4.69, 9.17) is 4.74 Å². The predicted octanol–water partition coefficient (Wildman–Crippen LogP) is 4.32. The van der Waals surface area contributed by atoms with Crippen LogP contribution in [0.4, 0.5) is 0 Å². The van der Waals surface area contributed by atoms with Crippen LogP contribution in [0.15, 0.2) is 46.8 Å². The number of aromatic nitrogens is 1. The zero-order valence-electron chi connectivity index (χ0n) is 13.3. The normalized spacial score (nSPS) is 14.7. The summed E-state index contributed by atoms with van der Waals surface area (Å²) in [6.07, 6.45) is 3.05. The van der Waals surface area contributed by atoms with Crippen LogP contribution < -0.4 is 4.74 Å². The Hall–Kier alpha value is -1.56. The van der Waals surface area contributed by atoms with E-state index in [-0.39, 0.29) is 0 Å². The van der Waals surface area contributed by atoms with Crippen molar-refractivity contribution in [3.8, 4) is 5.75 Å². The Balaban J connectivity index is 1.29. The summed E-state index contributed by atoms with van der Waals surface area (Å²) in [5.74, 6) is 1.45. The summed E-state index contributed by atoms with van der Waals surface area (Å²) in [6.45, 7) is 0.316. The third kappa shape index (κ3) is 3.58. The number of fused-ring (bicyclic) bond motifs is 2. The smallest absolute Gasteiger partial charge is 0.151 e. The summed E-state index contributed by atoms with van der Waals surface area (Å²) in [6, 6.07) is 14.4. The number of rotatable bonds is 6. The van der Waals surface area contributed by atoms with Crippen molar-refractivity contribution in [3.63, 3.8) is 0 Å². The van der Waals surface area contributed by atoms with E-state index in [0.29, 0.717) is 12.4 Å². The maximum absolute atomic E-state index is 10.2. The molecule has 0 fully saturated rings. The summed E-state index contributed by atoms with van der Waals surface area (Å²) < 4.78 is 7.94. The first-order valence-corrected chi connectivity index (χ1v) is 9.99. The second kappa shape index (κ2) is 7.13. The molecule has 0 amide bonds. The van der Waals surface area contributed by atoms with Crippen LogP contribution in [0.3, 0.4) is 0 Å². The first kappa shape index (κ1) is 15.9. The standard InChI is InChI=1S/C19H19NO2S2/c21-15(11-22-16-9-8-13-4-3-5-14(13)10-16)12-23-19-20-17-6-1-2-7-18(17)24-19/h1-2,6-10,15,21H,3-5,11-12H2. The van der Waals surface area contributed by atoms with Crippen molar-refractivity contribution in [3.05, 3.63) is 53.6 Å². The molecule has 0 spiro atoms. The Morgan fingerprint density at radius 2 is 2.04 bits per heavy atom. The average molecular weight is 358 g/mol. The molecule has 4 rings (SSSR count). The highest BCUT2D eigenvalue weighted by molar-refractivity contribution is 8.01. The van der Waals surface area contributed by atoms with Crippen LogP contribution in [0.5, 0.6) is 5.75 Å².